The van der Waals surface area contributed by atoms with E-state index < -0.39 is 11.9 Å². The summed E-state index contributed by atoms with van der Waals surface area (Å²) >= 11 is 3.25. The number of carboxylic acid groups (broad SMARTS) is 1. The predicted octanol–water partition coefficient (Wildman–Crippen LogP) is 1.76. The molecule has 18 heavy (non-hydrogen) atoms. The van der Waals surface area contributed by atoms with E-state index in [0.29, 0.717) is 11.3 Å². The maximum absolute atomic E-state index is 11.8. The smallest absolute Gasteiger partial charge is 0.308 e. The fourth-order valence-corrected chi connectivity index (χ4v) is 2.30. The number of carboxylic acids is 1. The highest BCUT2D eigenvalue weighted by Crippen LogP contribution is 2.29. The van der Waals surface area contributed by atoms with Crippen molar-refractivity contribution in [2.24, 2.45) is 5.92 Å². The zero-order valence-electron chi connectivity index (χ0n) is 9.26. The van der Waals surface area contributed by atoms with Gasteiger partial charge in [0.25, 0.3) is 0 Å². The molecule has 0 saturated carbocycles. The van der Waals surface area contributed by atoms with Crippen molar-refractivity contribution >= 4 is 33.5 Å². The van der Waals surface area contributed by atoms with E-state index in [-0.39, 0.29) is 18.9 Å². The van der Waals surface area contributed by atoms with Crippen LogP contribution in [-0.2, 0) is 9.59 Å². The van der Waals surface area contributed by atoms with Crippen LogP contribution in [0.25, 0.3) is 0 Å². The number of halogens is 1. The number of benzene rings is 1. The Labute approximate surface area is 112 Å². The summed E-state index contributed by atoms with van der Waals surface area (Å²) in [6.45, 7) is 0.116. The first kappa shape index (κ1) is 12.6. The van der Waals surface area contributed by atoms with Crippen LogP contribution in [-0.4, -0.2) is 23.5 Å². The summed E-state index contributed by atoms with van der Waals surface area (Å²) in [5.74, 6) is -1.95. The molecule has 92 valence electrons. The normalized spacial score (nSPS) is 18.8. The van der Waals surface area contributed by atoms with Gasteiger partial charge < -0.3 is 10.0 Å². The van der Waals surface area contributed by atoms with Crippen molar-refractivity contribution in [3.63, 3.8) is 0 Å². The highest BCUT2D eigenvalue weighted by atomic mass is 79.9. The molecule has 1 amide bonds. The predicted molar refractivity (Wildman–Crippen MR) is 67.0 cm³/mol. The molecule has 1 aromatic rings. The van der Waals surface area contributed by atoms with Crippen LogP contribution < -0.4 is 4.90 Å². The first-order chi connectivity index (χ1) is 8.52. The summed E-state index contributed by atoms with van der Waals surface area (Å²) in [6.07, 6.45) is -0.0176. The number of anilines is 1. The number of nitriles is 1. The molecule has 0 aliphatic carbocycles. The Kier molecular flexibility index (Phi) is 3.34. The van der Waals surface area contributed by atoms with E-state index in [9.17, 15) is 9.59 Å². The third-order valence-electron chi connectivity index (χ3n) is 2.84. The van der Waals surface area contributed by atoms with Crippen molar-refractivity contribution in [1.82, 2.24) is 0 Å². The van der Waals surface area contributed by atoms with Crippen molar-refractivity contribution in [2.75, 3.05) is 11.4 Å². The molecule has 0 radical (unpaired) electrons. The second kappa shape index (κ2) is 4.78. The van der Waals surface area contributed by atoms with E-state index >= 15 is 0 Å². The van der Waals surface area contributed by atoms with Crippen LogP contribution in [0.2, 0.25) is 0 Å². The molecule has 2 rings (SSSR count). The number of amides is 1. The Balaban J connectivity index is 2.36. The maximum atomic E-state index is 11.8. The molecule has 1 fully saturated rings. The molecule has 1 N–H and O–H groups in total. The van der Waals surface area contributed by atoms with Gasteiger partial charge in [-0.2, -0.15) is 5.26 Å². The SMILES string of the molecule is N#Cc1cc(Br)ccc1N1CC(C(=O)O)CC1=O. The van der Waals surface area contributed by atoms with Crippen molar-refractivity contribution in [3.05, 3.63) is 28.2 Å². The van der Waals surface area contributed by atoms with Gasteiger partial charge in [0.15, 0.2) is 0 Å². The Morgan fingerprint density at radius 2 is 2.28 bits per heavy atom. The average Bonchev–Trinajstić information content (AvgIpc) is 2.71. The number of carbonyl (C=O) groups is 2. The molecule has 1 unspecified atom stereocenters. The van der Waals surface area contributed by atoms with Crippen LogP contribution >= 0.6 is 15.9 Å². The Morgan fingerprint density at radius 1 is 1.56 bits per heavy atom. The van der Waals surface area contributed by atoms with E-state index in [1.165, 1.54) is 4.90 Å². The van der Waals surface area contributed by atoms with Gasteiger partial charge in [-0.3, -0.25) is 9.59 Å². The van der Waals surface area contributed by atoms with Crippen LogP contribution in [0.4, 0.5) is 5.69 Å². The number of carbonyl (C=O) groups excluding carboxylic acids is 1. The highest BCUT2D eigenvalue weighted by Gasteiger charge is 2.35. The standard InChI is InChI=1S/C12H9BrN2O3/c13-9-1-2-10(7(3-9)5-14)15-6-8(12(17)18)4-11(15)16/h1-3,8H,4,6H2,(H,17,18). The van der Waals surface area contributed by atoms with E-state index in [0.717, 1.165) is 4.47 Å². The first-order valence-electron chi connectivity index (χ1n) is 5.25. The van der Waals surface area contributed by atoms with E-state index in [2.05, 4.69) is 15.9 Å². The molecule has 1 atom stereocenters. The minimum Gasteiger partial charge on any atom is -0.481 e. The first-order valence-corrected chi connectivity index (χ1v) is 6.05. The summed E-state index contributed by atoms with van der Waals surface area (Å²) in [6, 6.07) is 6.98. The largest absolute Gasteiger partial charge is 0.481 e. The van der Waals surface area contributed by atoms with Gasteiger partial charge in [0.1, 0.15) is 6.07 Å². The van der Waals surface area contributed by atoms with E-state index in [1.807, 2.05) is 6.07 Å². The summed E-state index contributed by atoms with van der Waals surface area (Å²) in [5.41, 5.74) is 0.818. The van der Waals surface area contributed by atoms with Gasteiger partial charge in [0, 0.05) is 17.4 Å². The van der Waals surface area contributed by atoms with Gasteiger partial charge in [0.2, 0.25) is 5.91 Å². The van der Waals surface area contributed by atoms with Gasteiger partial charge in [-0.1, -0.05) is 15.9 Å². The third-order valence-corrected chi connectivity index (χ3v) is 3.34. The van der Waals surface area contributed by atoms with Gasteiger partial charge >= 0.3 is 5.97 Å². The van der Waals surface area contributed by atoms with Crippen LogP contribution in [0.5, 0.6) is 0 Å². The lowest BCUT2D eigenvalue weighted by Crippen LogP contribution is -2.26. The van der Waals surface area contributed by atoms with Gasteiger partial charge in [0.05, 0.1) is 17.2 Å². The Morgan fingerprint density at radius 3 is 2.83 bits per heavy atom. The van der Waals surface area contributed by atoms with Crippen molar-refractivity contribution in [2.45, 2.75) is 6.42 Å². The average molecular weight is 309 g/mol. The molecule has 1 heterocycles. The molecular formula is C12H9BrN2O3. The fraction of sp³-hybridized carbons (Fsp3) is 0.250. The zero-order valence-corrected chi connectivity index (χ0v) is 10.8. The summed E-state index contributed by atoms with van der Waals surface area (Å²) in [4.78, 5) is 24.0. The molecule has 0 spiro atoms. The minimum absolute atomic E-state index is 0.0176. The maximum Gasteiger partial charge on any atom is 0.308 e. The summed E-state index contributed by atoms with van der Waals surface area (Å²) in [7, 11) is 0. The molecule has 0 bridgehead atoms. The molecule has 1 aromatic carbocycles. The second-order valence-corrected chi connectivity index (χ2v) is 4.93. The lowest BCUT2D eigenvalue weighted by atomic mass is 10.1. The molecule has 6 heteroatoms. The highest BCUT2D eigenvalue weighted by molar-refractivity contribution is 9.10. The second-order valence-electron chi connectivity index (χ2n) is 4.02. The van der Waals surface area contributed by atoms with Crippen molar-refractivity contribution < 1.29 is 14.7 Å². The quantitative estimate of drug-likeness (QED) is 0.902. The molecule has 1 aliphatic rings. The fourth-order valence-electron chi connectivity index (χ4n) is 1.94. The summed E-state index contributed by atoms with van der Waals surface area (Å²) < 4.78 is 0.740. The van der Waals surface area contributed by atoms with E-state index in [1.54, 1.807) is 18.2 Å². The lowest BCUT2D eigenvalue weighted by Gasteiger charge is -2.17. The monoisotopic (exact) mass is 308 g/mol. The zero-order chi connectivity index (χ0) is 13.3. The van der Waals surface area contributed by atoms with E-state index in [4.69, 9.17) is 10.4 Å². The number of nitrogens with zero attached hydrogens (tertiary/aromatic N) is 2. The van der Waals surface area contributed by atoms with Crippen LogP contribution in [0.3, 0.4) is 0 Å². The van der Waals surface area contributed by atoms with Crippen molar-refractivity contribution in [1.29, 1.82) is 5.26 Å². The molecule has 5 nitrogen and oxygen atoms in total. The number of rotatable bonds is 2. The summed E-state index contributed by atoms with van der Waals surface area (Å²) in [5, 5.41) is 18.0. The third kappa shape index (κ3) is 2.22. The number of aliphatic carboxylic acids is 1. The van der Waals surface area contributed by atoms with Crippen molar-refractivity contribution in [3.8, 4) is 6.07 Å². The Bertz CT molecular complexity index is 565. The van der Waals surface area contributed by atoms with Crippen LogP contribution in [0, 0.1) is 17.2 Å². The Hall–Kier alpha value is -1.87. The molecule has 1 aliphatic heterocycles. The minimum atomic E-state index is -0.985. The topological polar surface area (TPSA) is 81.4 Å². The number of hydrogen-bond acceptors (Lipinski definition) is 3. The lowest BCUT2D eigenvalue weighted by molar-refractivity contribution is -0.141. The molecular weight excluding hydrogens is 300 g/mol. The van der Waals surface area contributed by atoms with Gasteiger partial charge in [-0.15, -0.1) is 0 Å². The molecule has 1 saturated heterocycles. The van der Waals surface area contributed by atoms with Crippen LogP contribution in [0.1, 0.15) is 12.0 Å². The van der Waals surface area contributed by atoms with Crippen LogP contribution in [0.15, 0.2) is 22.7 Å². The van der Waals surface area contributed by atoms with Gasteiger partial charge in [-0.05, 0) is 18.2 Å². The number of hydrogen-bond donors (Lipinski definition) is 1. The van der Waals surface area contributed by atoms with Gasteiger partial charge in [-0.25, -0.2) is 0 Å². The molecule has 0 aromatic heterocycles.